The molecule has 1 amide bonds. The lowest BCUT2D eigenvalue weighted by molar-refractivity contribution is -0.118. The van der Waals surface area contributed by atoms with Crippen LogP contribution >= 0.6 is 47.1 Å². The highest BCUT2D eigenvalue weighted by molar-refractivity contribution is 7.99. The predicted octanol–water partition coefficient (Wildman–Crippen LogP) is 6.37. The second-order valence-corrected chi connectivity index (χ2v) is 9.78. The number of hydrogen-bond acceptors (Lipinski definition) is 5. The van der Waals surface area contributed by atoms with Crippen LogP contribution in [-0.2, 0) is 4.79 Å². The zero-order valence-electron chi connectivity index (χ0n) is 17.5. The molecule has 0 aliphatic rings. The van der Waals surface area contributed by atoms with Crippen LogP contribution in [0.3, 0.4) is 0 Å². The fraction of sp³-hybridized carbons (Fsp3) is 0.364. The smallest absolute Gasteiger partial charge is 0.228 e. The summed E-state index contributed by atoms with van der Waals surface area (Å²) in [5, 5.41) is 1.31. The van der Waals surface area contributed by atoms with E-state index in [0.29, 0.717) is 23.1 Å². The largest absolute Gasteiger partial charge is 0.309 e. The Hall–Kier alpha value is -1.38. The van der Waals surface area contributed by atoms with Crippen molar-refractivity contribution in [1.29, 1.82) is 0 Å². The van der Waals surface area contributed by atoms with E-state index in [1.54, 1.807) is 28.8 Å². The second kappa shape index (κ2) is 12.6. The Morgan fingerprint density at radius 1 is 1.13 bits per heavy atom. The van der Waals surface area contributed by atoms with Gasteiger partial charge in [0.25, 0.3) is 0 Å². The number of benzene rings is 2. The van der Waals surface area contributed by atoms with E-state index in [1.807, 2.05) is 32.3 Å². The summed E-state index contributed by atoms with van der Waals surface area (Å²) in [7, 11) is 4.05. The van der Waals surface area contributed by atoms with Crippen molar-refractivity contribution in [3.63, 3.8) is 0 Å². The Bertz CT molecular complexity index is 983. The highest BCUT2D eigenvalue weighted by Gasteiger charge is 2.20. The molecule has 0 spiro atoms. The highest BCUT2D eigenvalue weighted by atomic mass is 35.5. The molecule has 31 heavy (non-hydrogen) atoms. The summed E-state index contributed by atoms with van der Waals surface area (Å²) in [6.07, 6.45) is 2.06. The lowest BCUT2D eigenvalue weighted by Crippen LogP contribution is -2.33. The highest BCUT2D eigenvalue weighted by Crippen LogP contribution is 2.33. The Balaban J connectivity index is 0.00000341. The number of rotatable bonds is 10. The lowest BCUT2D eigenvalue weighted by atomic mass is 10.3. The Labute approximate surface area is 202 Å². The quantitative estimate of drug-likeness (QED) is 0.239. The van der Waals surface area contributed by atoms with Gasteiger partial charge < -0.3 is 4.90 Å². The molecule has 3 rings (SSSR count). The number of carbonyl (C=O) groups excluding carboxylic acids is 1. The van der Waals surface area contributed by atoms with Crippen LogP contribution in [0.25, 0.3) is 10.2 Å². The third kappa shape index (κ3) is 7.61. The molecule has 0 bridgehead atoms. The minimum atomic E-state index is -0.237. The van der Waals surface area contributed by atoms with Crippen LogP contribution in [0.1, 0.15) is 19.3 Å². The number of nitrogens with zero attached hydrogens (tertiary/aromatic N) is 3. The summed E-state index contributed by atoms with van der Waals surface area (Å²) >= 11 is 9.41. The zero-order chi connectivity index (χ0) is 21.5. The molecule has 3 aromatic rings. The summed E-state index contributed by atoms with van der Waals surface area (Å²) in [6, 6.07) is 12.1. The van der Waals surface area contributed by atoms with Gasteiger partial charge in [0.2, 0.25) is 5.91 Å². The maximum absolute atomic E-state index is 13.0. The molecule has 0 N–H and O–H groups in total. The molecular formula is C22H26Cl2FN3OS2. The van der Waals surface area contributed by atoms with E-state index in [1.165, 1.54) is 23.5 Å². The topological polar surface area (TPSA) is 36.4 Å². The standard InChI is InChI=1S/C22H25ClFN3OS2.ClH/c1-26(2)13-5-14-27(22-25-21-18(23)6-3-7-19(21)30-22)20(28)8-4-15-29-17-11-9-16(24)10-12-17;/h3,6-7,9-12H,4-5,8,13-15H2,1-2H3;1H. The molecule has 0 fully saturated rings. The van der Waals surface area contributed by atoms with Crippen LogP contribution in [0.5, 0.6) is 0 Å². The van der Waals surface area contributed by atoms with Crippen molar-refractivity contribution < 1.29 is 9.18 Å². The molecule has 2 aromatic carbocycles. The lowest BCUT2D eigenvalue weighted by Gasteiger charge is -2.21. The van der Waals surface area contributed by atoms with Gasteiger partial charge in [-0.15, -0.1) is 24.2 Å². The number of halogens is 3. The van der Waals surface area contributed by atoms with Gasteiger partial charge >= 0.3 is 0 Å². The molecule has 0 saturated carbocycles. The summed E-state index contributed by atoms with van der Waals surface area (Å²) < 4.78 is 14.0. The molecule has 4 nitrogen and oxygen atoms in total. The number of hydrogen-bond donors (Lipinski definition) is 0. The number of para-hydroxylation sites is 1. The van der Waals surface area contributed by atoms with Crippen LogP contribution in [0.4, 0.5) is 9.52 Å². The van der Waals surface area contributed by atoms with Crippen molar-refractivity contribution in [1.82, 2.24) is 9.88 Å². The molecule has 9 heteroatoms. The van der Waals surface area contributed by atoms with Gasteiger partial charge in [-0.3, -0.25) is 9.69 Å². The number of thioether (sulfide) groups is 1. The first-order valence-electron chi connectivity index (χ1n) is 9.82. The second-order valence-electron chi connectivity index (χ2n) is 7.19. The van der Waals surface area contributed by atoms with E-state index in [-0.39, 0.29) is 24.1 Å². The number of thiazole rings is 1. The van der Waals surface area contributed by atoms with Gasteiger partial charge in [-0.05, 0) is 75.6 Å². The Kier molecular flexibility index (Phi) is 10.5. The van der Waals surface area contributed by atoms with Crippen LogP contribution in [-0.4, -0.2) is 48.7 Å². The molecule has 0 atom stereocenters. The summed E-state index contributed by atoms with van der Waals surface area (Å²) in [6.45, 7) is 1.52. The van der Waals surface area contributed by atoms with Crippen molar-refractivity contribution >= 4 is 68.4 Å². The molecule has 0 aliphatic heterocycles. The third-order valence-electron chi connectivity index (χ3n) is 4.49. The average molecular weight is 503 g/mol. The van der Waals surface area contributed by atoms with Crippen molar-refractivity contribution in [3.8, 4) is 0 Å². The van der Waals surface area contributed by atoms with Crippen LogP contribution in [0, 0.1) is 5.82 Å². The van der Waals surface area contributed by atoms with Crippen LogP contribution in [0.15, 0.2) is 47.4 Å². The first kappa shape index (κ1) is 25.9. The van der Waals surface area contributed by atoms with E-state index in [2.05, 4.69) is 9.88 Å². The number of amides is 1. The minimum absolute atomic E-state index is 0. The van der Waals surface area contributed by atoms with E-state index in [0.717, 1.165) is 40.3 Å². The fourth-order valence-corrected chi connectivity index (χ4v) is 5.13. The van der Waals surface area contributed by atoms with Gasteiger partial charge in [0, 0.05) is 17.9 Å². The number of carbonyl (C=O) groups is 1. The average Bonchev–Trinajstić information content (AvgIpc) is 3.15. The summed E-state index contributed by atoms with van der Waals surface area (Å²) in [5.41, 5.74) is 0.747. The number of anilines is 1. The van der Waals surface area contributed by atoms with E-state index in [9.17, 15) is 9.18 Å². The van der Waals surface area contributed by atoms with Crippen LogP contribution in [0.2, 0.25) is 5.02 Å². The SMILES string of the molecule is CN(C)CCCN(C(=O)CCCSc1ccc(F)cc1)c1nc2c(Cl)cccc2s1.Cl. The van der Waals surface area contributed by atoms with Crippen molar-refractivity contribution in [2.24, 2.45) is 0 Å². The molecule has 1 heterocycles. The van der Waals surface area contributed by atoms with Gasteiger partial charge in [0.05, 0.1) is 9.72 Å². The van der Waals surface area contributed by atoms with Crippen molar-refractivity contribution in [3.05, 3.63) is 53.3 Å². The molecular weight excluding hydrogens is 476 g/mol. The van der Waals surface area contributed by atoms with Gasteiger partial charge in [-0.25, -0.2) is 9.37 Å². The normalized spacial score (nSPS) is 11.0. The number of aromatic nitrogens is 1. The van der Waals surface area contributed by atoms with Gasteiger partial charge in [0.1, 0.15) is 11.3 Å². The van der Waals surface area contributed by atoms with Gasteiger partial charge in [-0.2, -0.15) is 0 Å². The van der Waals surface area contributed by atoms with Gasteiger partial charge in [-0.1, -0.05) is 29.0 Å². The third-order valence-corrected chi connectivity index (χ3v) is 6.94. The Morgan fingerprint density at radius 3 is 2.55 bits per heavy atom. The van der Waals surface area contributed by atoms with Gasteiger partial charge in [0.15, 0.2) is 5.13 Å². The van der Waals surface area contributed by atoms with Crippen molar-refractivity contribution in [2.45, 2.75) is 24.2 Å². The first-order valence-corrected chi connectivity index (χ1v) is 12.0. The summed E-state index contributed by atoms with van der Waals surface area (Å²) in [5.74, 6) is 0.636. The fourth-order valence-electron chi connectivity index (χ4n) is 2.97. The maximum atomic E-state index is 13.0. The van der Waals surface area contributed by atoms with E-state index in [4.69, 9.17) is 11.6 Å². The minimum Gasteiger partial charge on any atom is -0.309 e. The molecule has 168 valence electrons. The molecule has 0 unspecified atom stereocenters. The van der Waals surface area contributed by atoms with E-state index < -0.39 is 0 Å². The molecule has 0 aliphatic carbocycles. The monoisotopic (exact) mass is 501 g/mol. The first-order chi connectivity index (χ1) is 14.4. The number of fused-ring (bicyclic) bond motifs is 1. The molecule has 0 radical (unpaired) electrons. The Morgan fingerprint density at radius 2 is 1.87 bits per heavy atom. The van der Waals surface area contributed by atoms with Crippen LogP contribution < -0.4 is 4.90 Å². The maximum Gasteiger partial charge on any atom is 0.228 e. The molecule has 0 saturated heterocycles. The predicted molar refractivity (Wildman–Crippen MR) is 134 cm³/mol. The molecule has 1 aromatic heterocycles. The summed E-state index contributed by atoms with van der Waals surface area (Å²) in [4.78, 5) is 22.6. The zero-order valence-corrected chi connectivity index (χ0v) is 20.7. The van der Waals surface area contributed by atoms with Crippen molar-refractivity contribution in [2.75, 3.05) is 37.8 Å². The van der Waals surface area contributed by atoms with E-state index >= 15 is 0 Å².